The van der Waals surface area contributed by atoms with Gasteiger partial charge in [0, 0.05) is 30.3 Å². The minimum atomic E-state index is -0.670. The summed E-state index contributed by atoms with van der Waals surface area (Å²) in [6, 6.07) is 8.38. The number of thiophene rings is 1. The van der Waals surface area contributed by atoms with Gasteiger partial charge < -0.3 is 14.6 Å². The van der Waals surface area contributed by atoms with E-state index >= 15 is 0 Å². The Labute approximate surface area is 174 Å². The maximum atomic E-state index is 13.6. The van der Waals surface area contributed by atoms with Crippen LogP contribution in [0.1, 0.15) is 34.8 Å². The van der Waals surface area contributed by atoms with Crippen molar-refractivity contribution in [2.45, 2.75) is 25.8 Å². The molecule has 0 radical (unpaired) electrons. The number of anilines is 1. The number of hydrogen-bond donors (Lipinski definition) is 1. The standard InChI is InChI=1S/C19H16ClFN4O3S/c20-14-9-13(21)17(29-14)18(27)22-10-15-23-24-19(28-15)11-4-6-12(7-5-11)25-8-2-1-3-16(25)26/h4-7,9H,1-3,8,10H2,(H,22,27). The van der Waals surface area contributed by atoms with E-state index in [1.807, 2.05) is 12.1 Å². The van der Waals surface area contributed by atoms with Crippen molar-refractivity contribution >= 4 is 40.4 Å². The SMILES string of the molecule is O=C(NCc1nnc(-c2ccc(N3CCCCC3=O)cc2)o1)c1sc(Cl)cc1F. The highest BCUT2D eigenvalue weighted by molar-refractivity contribution is 7.18. The Morgan fingerprint density at radius 2 is 2.07 bits per heavy atom. The molecule has 29 heavy (non-hydrogen) atoms. The fraction of sp³-hybridized carbons (Fsp3) is 0.263. The molecule has 10 heteroatoms. The second-order valence-corrected chi connectivity index (χ2v) is 8.14. The first-order valence-corrected chi connectivity index (χ1v) is 10.2. The minimum Gasteiger partial charge on any atom is -0.419 e. The second kappa shape index (κ2) is 8.30. The first-order chi connectivity index (χ1) is 14.0. The molecule has 1 saturated heterocycles. The monoisotopic (exact) mass is 434 g/mol. The van der Waals surface area contributed by atoms with Crippen LogP contribution in [0.15, 0.2) is 34.7 Å². The lowest BCUT2D eigenvalue weighted by molar-refractivity contribution is -0.119. The van der Waals surface area contributed by atoms with Gasteiger partial charge in [-0.2, -0.15) is 0 Å². The van der Waals surface area contributed by atoms with Crippen LogP contribution in [0.3, 0.4) is 0 Å². The van der Waals surface area contributed by atoms with Crippen LogP contribution in [0.5, 0.6) is 0 Å². The quantitative estimate of drug-likeness (QED) is 0.654. The predicted octanol–water partition coefficient (Wildman–Crippen LogP) is 4.04. The van der Waals surface area contributed by atoms with Crippen LogP contribution in [0.4, 0.5) is 10.1 Å². The summed E-state index contributed by atoms with van der Waals surface area (Å²) in [6.45, 7) is 0.680. The lowest BCUT2D eigenvalue weighted by Crippen LogP contribution is -2.35. The predicted molar refractivity (Wildman–Crippen MR) is 106 cm³/mol. The van der Waals surface area contributed by atoms with Crippen LogP contribution in [0.2, 0.25) is 4.34 Å². The summed E-state index contributed by atoms with van der Waals surface area (Å²) in [7, 11) is 0. The zero-order valence-corrected chi connectivity index (χ0v) is 16.7. The fourth-order valence-electron chi connectivity index (χ4n) is 3.04. The Kier molecular flexibility index (Phi) is 5.59. The van der Waals surface area contributed by atoms with E-state index in [0.29, 0.717) is 12.0 Å². The molecule has 0 unspecified atom stereocenters. The topological polar surface area (TPSA) is 88.3 Å². The first-order valence-electron chi connectivity index (χ1n) is 8.97. The number of rotatable bonds is 5. The van der Waals surface area contributed by atoms with Crippen molar-refractivity contribution in [1.29, 1.82) is 0 Å². The van der Waals surface area contributed by atoms with Crippen LogP contribution < -0.4 is 10.2 Å². The summed E-state index contributed by atoms with van der Waals surface area (Å²) in [4.78, 5) is 25.7. The van der Waals surface area contributed by atoms with Crippen molar-refractivity contribution in [3.05, 3.63) is 51.3 Å². The fourth-order valence-corrected chi connectivity index (χ4v) is 4.04. The van der Waals surface area contributed by atoms with Crippen LogP contribution >= 0.6 is 22.9 Å². The van der Waals surface area contributed by atoms with Gasteiger partial charge in [-0.1, -0.05) is 11.6 Å². The van der Waals surface area contributed by atoms with Gasteiger partial charge in [0.1, 0.15) is 10.7 Å². The number of piperidine rings is 1. The summed E-state index contributed by atoms with van der Waals surface area (Å²) in [5.74, 6) is -0.670. The van der Waals surface area contributed by atoms with Gasteiger partial charge in [-0.15, -0.1) is 21.5 Å². The van der Waals surface area contributed by atoms with E-state index in [-0.39, 0.29) is 33.4 Å². The summed E-state index contributed by atoms with van der Waals surface area (Å²) in [5, 5.41) is 10.4. The average molecular weight is 435 g/mol. The summed E-state index contributed by atoms with van der Waals surface area (Å²) >= 11 is 6.56. The molecule has 3 heterocycles. The molecule has 0 bridgehead atoms. The molecule has 3 aromatic rings. The average Bonchev–Trinajstić information content (AvgIpc) is 3.33. The Morgan fingerprint density at radius 1 is 1.28 bits per heavy atom. The molecule has 0 atom stereocenters. The molecule has 1 fully saturated rings. The molecule has 1 aromatic carbocycles. The van der Waals surface area contributed by atoms with Crippen molar-refractivity contribution in [1.82, 2.24) is 15.5 Å². The Balaban J connectivity index is 1.40. The molecule has 4 rings (SSSR count). The highest BCUT2D eigenvalue weighted by Crippen LogP contribution is 2.26. The number of nitrogens with one attached hydrogen (secondary N) is 1. The number of aromatic nitrogens is 2. The van der Waals surface area contributed by atoms with Gasteiger partial charge in [0.05, 0.1) is 10.9 Å². The Bertz CT molecular complexity index is 1050. The van der Waals surface area contributed by atoms with Gasteiger partial charge in [-0.3, -0.25) is 9.59 Å². The largest absolute Gasteiger partial charge is 0.419 e. The molecule has 0 spiro atoms. The zero-order valence-electron chi connectivity index (χ0n) is 15.2. The maximum Gasteiger partial charge on any atom is 0.264 e. The molecular weight excluding hydrogens is 419 g/mol. The molecule has 2 amide bonds. The van der Waals surface area contributed by atoms with E-state index in [9.17, 15) is 14.0 Å². The maximum absolute atomic E-state index is 13.6. The van der Waals surface area contributed by atoms with E-state index < -0.39 is 11.7 Å². The van der Waals surface area contributed by atoms with Gasteiger partial charge in [0.25, 0.3) is 5.91 Å². The van der Waals surface area contributed by atoms with Crippen molar-refractivity contribution < 1.29 is 18.4 Å². The van der Waals surface area contributed by atoms with E-state index in [4.69, 9.17) is 16.0 Å². The van der Waals surface area contributed by atoms with E-state index in [1.54, 1.807) is 17.0 Å². The van der Waals surface area contributed by atoms with Gasteiger partial charge in [-0.05, 0) is 37.1 Å². The molecule has 1 aliphatic heterocycles. The highest BCUT2D eigenvalue weighted by atomic mass is 35.5. The third kappa shape index (κ3) is 4.30. The van der Waals surface area contributed by atoms with Crippen LogP contribution in [0.25, 0.3) is 11.5 Å². The summed E-state index contributed by atoms with van der Waals surface area (Å²) in [5.41, 5.74) is 1.53. The Hall–Kier alpha value is -2.78. The summed E-state index contributed by atoms with van der Waals surface area (Å²) in [6.07, 6.45) is 2.50. The minimum absolute atomic E-state index is 0.0405. The van der Waals surface area contributed by atoms with E-state index in [1.165, 1.54) is 0 Å². The van der Waals surface area contributed by atoms with Crippen molar-refractivity contribution in [2.75, 3.05) is 11.4 Å². The smallest absolute Gasteiger partial charge is 0.264 e. The van der Waals surface area contributed by atoms with Gasteiger partial charge in [0.15, 0.2) is 0 Å². The second-order valence-electron chi connectivity index (χ2n) is 6.46. The number of halogens is 2. The number of benzene rings is 1. The molecule has 7 nitrogen and oxygen atoms in total. The van der Waals surface area contributed by atoms with E-state index in [2.05, 4.69) is 15.5 Å². The lowest BCUT2D eigenvalue weighted by atomic mass is 10.1. The third-order valence-corrected chi connectivity index (χ3v) is 5.72. The van der Waals surface area contributed by atoms with Gasteiger partial charge in [-0.25, -0.2) is 4.39 Å². The van der Waals surface area contributed by atoms with Gasteiger partial charge in [0.2, 0.25) is 17.7 Å². The number of carbonyl (C=O) groups is 2. The number of hydrogen-bond acceptors (Lipinski definition) is 6. The molecule has 150 valence electrons. The van der Waals surface area contributed by atoms with Crippen LogP contribution in [-0.2, 0) is 11.3 Å². The normalized spacial score (nSPS) is 14.3. The van der Waals surface area contributed by atoms with Crippen molar-refractivity contribution in [3.63, 3.8) is 0 Å². The lowest BCUT2D eigenvalue weighted by Gasteiger charge is -2.26. The Morgan fingerprint density at radius 3 is 2.76 bits per heavy atom. The molecular formula is C19H16ClFN4O3S. The number of carbonyl (C=O) groups excluding carboxylic acids is 2. The van der Waals surface area contributed by atoms with Crippen molar-refractivity contribution in [3.8, 4) is 11.5 Å². The molecule has 0 saturated carbocycles. The third-order valence-electron chi connectivity index (χ3n) is 4.48. The molecule has 2 aromatic heterocycles. The van der Waals surface area contributed by atoms with E-state index in [0.717, 1.165) is 42.5 Å². The van der Waals surface area contributed by atoms with Crippen molar-refractivity contribution in [2.24, 2.45) is 0 Å². The molecule has 0 aliphatic carbocycles. The first kappa shape index (κ1) is 19.5. The van der Waals surface area contributed by atoms with Gasteiger partial charge >= 0.3 is 0 Å². The zero-order chi connectivity index (χ0) is 20.4. The number of nitrogens with zero attached hydrogens (tertiary/aromatic N) is 3. The summed E-state index contributed by atoms with van der Waals surface area (Å²) < 4.78 is 19.4. The van der Waals surface area contributed by atoms with Crippen LogP contribution in [0, 0.1) is 5.82 Å². The molecule has 1 aliphatic rings. The number of amides is 2. The molecule has 1 N–H and O–H groups in total. The van der Waals surface area contributed by atoms with Crippen LogP contribution in [-0.4, -0.2) is 28.6 Å². The highest BCUT2D eigenvalue weighted by Gasteiger charge is 2.20.